The zero-order valence-electron chi connectivity index (χ0n) is 10.5. The first-order chi connectivity index (χ1) is 8.22. The third-order valence-electron chi connectivity index (χ3n) is 3.88. The Balaban J connectivity index is 1.96. The zero-order valence-corrected chi connectivity index (χ0v) is 11.3. The molecule has 4 heteroatoms. The lowest BCUT2D eigenvalue weighted by Crippen LogP contribution is -2.45. The van der Waals surface area contributed by atoms with Gasteiger partial charge >= 0.3 is 0 Å². The lowest BCUT2D eigenvalue weighted by atomic mass is 10.1. The number of ether oxygens (including phenoxy) is 1. The second-order valence-corrected chi connectivity index (χ2v) is 5.55. The van der Waals surface area contributed by atoms with E-state index in [1.165, 1.54) is 12.8 Å². The molecule has 17 heavy (non-hydrogen) atoms. The van der Waals surface area contributed by atoms with E-state index in [-0.39, 0.29) is 18.1 Å². The molecule has 0 bridgehead atoms. The highest BCUT2D eigenvalue weighted by atomic mass is 35.5. The maximum absolute atomic E-state index is 12.4. The Bertz CT molecular complexity index is 266. The van der Waals surface area contributed by atoms with Crippen molar-refractivity contribution in [1.29, 1.82) is 0 Å². The van der Waals surface area contributed by atoms with E-state index >= 15 is 0 Å². The van der Waals surface area contributed by atoms with Crippen LogP contribution in [0.2, 0.25) is 0 Å². The van der Waals surface area contributed by atoms with E-state index in [1.807, 2.05) is 11.8 Å². The maximum Gasteiger partial charge on any atom is 0.252 e. The predicted molar refractivity (Wildman–Crippen MR) is 68.3 cm³/mol. The largest absolute Gasteiger partial charge is 0.365 e. The number of rotatable bonds is 4. The van der Waals surface area contributed by atoms with Gasteiger partial charge in [0.2, 0.25) is 0 Å². The summed E-state index contributed by atoms with van der Waals surface area (Å²) in [4.78, 5) is 14.4. The summed E-state index contributed by atoms with van der Waals surface area (Å²) in [5.41, 5.74) is 0. The van der Waals surface area contributed by atoms with Gasteiger partial charge in [-0.05, 0) is 32.6 Å². The average Bonchev–Trinajstić information content (AvgIpc) is 2.95. The molecule has 0 aromatic carbocycles. The molecule has 0 aromatic heterocycles. The molecule has 2 aliphatic rings. The highest BCUT2D eigenvalue weighted by Crippen LogP contribution is 2.27. The summed E-state index contributed by atoms with van der Waals surface area (Å²) in [6.45, 7) is 2.70. The van der Waals surface area contributed by atoms with Gasteiger partial charge in [-0.3, -0.25) is 4.79 Å². The van der Waals surface area contributed by atoms with Gasteiger partial charge < -0.3 is 9.64 Å². The highest BCUT2D eigenvalue weighted by Gasteiger charge is 2.35. The fourth-order valence-corrected chi connectivity index (χ4v) is 3.13. The summed E-state index contributed by atoms with van der Waals surface area (Å²) in [5, 5.41) is 0. The minimum absolute atomic E-state index is 0.168. The van der Waals surface area contributed by atoms with E-state index in [1.54, 1.807) is 0 Å². The Morgan fingerprint density at radius 2 is 2.00 bits per heavy atom. The van der Waals surface area contributed by atoms with E-state index in [2.05, 4.69) is 0 Å². The molecule has 2 rings (SSSR count). The Morgan fingerprint density at radius 3 is 2.53 bits per heavy atom. The first-order valence-electron chi connectivity index (χ1n) is 6.74. The van der Waals surface area contributed by atoms with Crippen LogP contribution in [0.15, 0.2) is 0 Å². The number of alkyl halides is 1. The third-order valence-corrected chi connectivity index (χ3v) is 4.05. The fraction of sp³-hybridized carbons (Fsp3) is 0.923. The Hall–Kier alpha value is -0.280. The van der Waals surface area contributed by atoms with Gasteiger partial charge in [-0.15, -0.1) is 11.6 Å². The van der Waals surface area contributed by atoms with E-state index in [0.29, 0.717) is 18.5 Å². The maximum atomic E-state index is 12.4. The van der Waals surface area contributed by atoms with E-state index in [9.17, 15) is 4.79 Å². The van der Waals surface area contributed by atoms with E-state index < -0.39 is 0 Å². The molecule has 1 aliphatic heterocycles. The third kappa shape index (κ3) is 3.14. The van der Waals surface area contributed by atoms with Crippen molar-refractivity contribution in [3.63, 3.8) is 0 Å². The predicted octanol–water partition coefficient (Wildman–Crippen LogP) is 2.56. The van der Waals surface area contributed by atoms with Crippen molar-refractivity contribution in [1.82, 2.24) is 4.90 Å². The van der Waals surface area contributed by atoms with Crippen molar-refractivity contribution in [2.75, 3.05) is 12.4 Å². The lowest BCUT2D eigenvalue weighted by molar-refractivity contribution is -0.144. The summed E-state index contributed by atoms with van der Waals surface area (Å²) >= 11 is 5.82. The first kappa shape index (κ1) is 13.2. The van der Waals surface area contributed by atoms with Crippen molar-refractivity contribution in [2.45, 2.75) is 63.7 Å². The van der Waals surface area contributed by atoms with Gasteiger partial charge in [0.05, 0.1) is 6.10 Å². The van der Waals surface area contributed by atoms with Gasteiger partial charge in [-0.25, -0.2) is 0 Å². The van der Waals surface area contributed by atoms with Crippen LogP contribution in [-0.4, -0.2) is 41.5 Å². The molecule has 0 radical (unpaired) electrons. The molecule has 1 aliphatic carbocycles. The van der Waals surface area contributed by atoms with Gasteiger partial charge in [0.25, 0.3) is 5.91 Å². The molecule has 1 amide bonds. The fourth-order valence-electron chi connectivity index (χ4n) is 2.95. The van der Waals surface area contributed by atoms with Crippen LogP contribution < -0.4 is 0 Å². The molecule has 1 saturated heterocycles. The second kappa shape index (κ2) is 6.05. The number of carbonyl (C=O) groups excluding carboxylic acids is 1. The monoisotopic (exact) mass is 259 g/mol. The zero-order chi connectivity index (χ0) is 12.3. The topological polar surface area (TPSA) is 29.5 Å². The van der Waals surface area contributed by atoms with E-state index in [0.717, 1.165) is 25.7 Å². The quantitative estimate of drug-likeness (QED) is 0.727. The van der Waals surface area contributed by atoms with Gasteiger partial charge in [0.15, 0.2) is 0 Å². The summed E-state index contributed by atoms with van der Waals surface area (Å²) in [6, 6.07) is 0.403. The summed E-state index contributed by atoms with van der Waals surface area (Å²) in [5.74, 6) is 0.687. The van der Waals surface area contributed by atoms with Crippen LogP contribution in [0.5, 0.6) is 0 Å². The summed E-state index contributed by atoms with van der Waals surface area (Å²) < 4.78 is 5.68. The molecule has 0 aromatic rings. The number of hydrogen-bond acceptors (Lipinski definition) is 2. The molecule has 2 atom stereocenters. The van der Waals surface area contributed by atoms with Gasteiger partial charge in [0.1, 0.15) is 6.10 Å². The molecule has 3 nitrogen and oxygen atoms in total. The Morgan fingerprint density at radius 1 is 1.29 bits per heavy atom. The molecule has 2 fully saturated rings. The number of carbonyl (C=O) groups is 1. The van der Waals surface area contributed by atoms with Crippen LogP contribution in [0.1, 0.15) is 45.4 Å². The van der Waals surface area contributed by atoms with Crippen molar-refractivity contribution in [2.24, 2.45) is 0 Å². The number of amides is 1. The van der Waals surface area contributed by atoms with Crippen LogP contribution in [0.4, 0.5) is 0 Å². The van der Waals surface area contributed by atoms with Crippen LogP contribution in [0, 0.1) is 0 Å². The van der Waals surface area contributed by atoms with Crippen LogP contribution in [0.25, 0.3) is 0 Å². The summed E-state index contributed by atoms with van der Waals surface area (Å²) in [7, 11) is 0. The smallest absolute Gasteiger partial charge is 0.252 e. The van der Waals surface area contributed by atoms with E-state index in [4.69, 9.17) is 16.3 Å². The second-order valence-electron chi connectivity index (χ2n) is 5.17. The van der Waals surface area contributed by atoms with Crippen molar-refractivity contribution >= 4 is 17.5 Å². The normalized spacial score (nSPS) is 29.8. The highest BCUT2D eigenvalue weighted by molar-refractivity contribution is 6.18. The van der Waals surface area contributed by atoms with Crippen molar-refractivity contribution in [3.05, 3.63) is 0 Å². The first-order valence-corrected chi connectivity index (χ1v) is 7.27. The van der Waals surface area contributed by atoms with Crippen molar-refractivity contribution in [3.8, 4) is 0 Å². The molecule has 1 heterocycles. The number of halogens is 1. The molecular weight excluding hydrogens is 238 g/mol. The molecular formula is C13H22ClNO2. The van der Waals surface area contributed by atoms with Crippen LogP contribution in [0.3, 0.4) is 0 Å². The molecule has 98 valence electrons. The molecule has 1 saturated carbocycles. The number of nitrogens with zero attached hydrogens (tertiary/aromatic N) is 1. The van der Waals surface area contributed by atoms with Crippen molar-refractivity contribution < 1.29 is 9.53 Å². The van der Waals surface area contributed by atoms with Gasteiger partial charge in [0, 0.05) is 18.5 Å². The van der Waals surface area contributed by atoms with Gasteiger partial charge in [-0.2, -0.15) is 0 Å². The summed E-state index contributed by atoms with van der Waals surface area (Å²) in [6.07, 6.45) is 6.60. The molecule has 2 unspecified atom stereocenters. The number of hydrogen-bond donors (Lipinski definition) is 0. The SMILES string of the molecule is CC1CCC(C(=O)N(CCCl)C2CCCC2)O1. The molecule has 0 spiro atoms. The Labute approximate surface area is 108 Å². The van der Waals surface area contributed by atoms with Crippen LogP contribution >= 0.6 is 11.6 Å². The van der Waals surface area contributed by atoms with Gasteiger partial charge in [-0.1, -0.05) is 12.8 Å². The van der Waals surface area contributed by atoms with Crippen LogP contribution in [-0.2, 0) is 9.53 Å². The average molecular weight is 260 g/mol. The minimum Gasteiger partial charge on any atom is -0.365 e. The standard InChI is InChI=1S/C13H22ClNO2/c1-10-6-7-12(17-10)13(16)15(9-8-14)11-4-2-3-5-11/h10-12H,2-9H2,1H3. The Kier molecular flexibility index (Phi) is 4.69. The lowest BCUT2D eigenvalue weighted by Gasteiger charge is -2.30. The molecule has 0 N–H and O–H groups in total. The minimum atomic E-state index is -0.214.